The van der Waals surface area contributed by atoms with Crippen LogP contribution in [0, 0.1) is 0 Å². The summed E-state index contributed by atoms with van der Waals surface area (Å²) >= 11 is 0. The van der Waals surface area contributed by atoms with E-state index in [0.29, 0.717) is 17.8 Å². The lowest BCUT2D eigenvalue weighted by Crippen LogP contribution is -2.23. The van der Waals surface area contributed by atoms with Crippen molar-refractivity contribution in [2.24, 2.45) is 0 Å². The first-order valence-corrected chi connectivity index (χ1v) is 7.31. The first-order chi connectivity index (χ1) is 8.36. The van der Waals surface area contributed by atoms with Gasteiger partial charge < -0.3 is 5.32 Å². The number of sulfonamides is 1. The van der Waals surface area contributed by atoms with Crippen LogP contribution in [0.3, 0.4) is 0 Å². The molecular weight excluding hydrogens is 252 g/mol. The Bertz CT molecular complexity index is 507. The van der Waals surface area contributed by atoms with Gasteiger partial charge in [0.05, 0.1) is 5.25 Å². The number of rotatable bonds is 5. The number of benzene rings is 1. The van der Waals surface area contributed by atoms with Gasteiger partial charge in [-0.1, -0.05) is 0 Å². The quantitative estimate of drug-likeness (QED) is 0.853. The molecule has 0 aliphatic heterocycles. The normalized spacial score (nSPS) is 11.3. The molecule has 1 amide bonds. The van der Waals surface area contributed by atoms with Crippen LogP contribution in [0.4, 0.5) is 5.69 Å². The maximum absolute atomic E-state index is 11.6. The molecule has 0 aliphatic carbocycles. The van der Waals surface area contributed by atoms with Gasteiger partial charge in [-0.15, -0.1) is 0 Å². The second-order valence-corrected chi connectivity index (χ2v) is 6.37. The van der Waals surface area contributed by atoms with E-state index >= 15 is 0 Å². The number of nitrogens with one attached hydrogen (secondary N) is 2. The van der Waals surface area contributed by atoms with Gasteiger partial charge >= 0.3 is 0 Å². The van der Waals surface area contributed by atoms with E-state index in [1.165, 1.54) is 0 Å². The molecule has 0 fully saturated rings. The van der Waals surface area contributed by atoms with Crippen molar-refractivity contribution in [1.29, 1.82) is 0 Å². The fraction of sp³-hybridized carbons (Fsp3) is 0.417. The topological polar surface area (TPSA) is 75.3 Å². The molecule has 2 N–H and O–H groups in total. The van der Waals surface area contributed by atoms with Crippen LogP contribution in [-0.4, -0.2) is 26.1 Å². The fourth-order valence-electron chi connectivity index (χ4n) is 1.23. The van der Waals surface area contributed by atoms with Gasteiger partial charge in [-0.3, -0.25) is 9.52 Å². The Morgan fingerprint density at radius 2 is 1.78 bits per heavy atom. The smallest absolute Gasteiger partial charge is 0.251 e. The van der Waals surface area contributed by atoms with Gasteiger partial charge in [0.1, 0.15) is 0 Å². The SMILES string of the molecule is CCNC(=O)c1ccc(NS(=O)(=O)C(C)C)cc1. The zero-order valence-electron chi connectivity index (χ0n) is 10.7. The summed E-state index contributed by atoms with van der Waals surface area (Å²) in [7, 11) is -3.35. The number of carbonyl (C=O) groups excluding carboxylic acids is 1. The lowest BCUT2D eigenvalue weighted by atomic mass is 10.2. The van der Waals surface area contributed by atoms with Crippen molar-refractivity contribution in [3.63, 3.8) is 0 Å². The largest absolute Gasteiger partial charge is 0.352 e. The molecule has 0 aliphatic rings. The zero-order chi connectivity index (χ0) is 13.8. The first kappa shape index (κ1) is 14.5. The molecular formula is C12H18N2O3S. The summed E-state index contributed by atoms with van der Waals surface area (Å²) in [5.74, 6) is -0.171. The monoisotopic (exact) mass is 270 g/mol. The predicted octanol–water partition coefficient (Wildman–Crippen LogP) is 1.59. The van der Waals surface area contributed by atoms with Crippen LogP contribution >= 0.6 is 0 Å². The summed E-state index contributed by atoms with van der Waals surface area (Å²) in [5, 5.41) is 2.17. The Morgan fingerprint density at radius 3 is 2.22 bits per heavy atom. The highest BCUT2D eigenvalue weighted by molar-refractivity contribution is 7.93. The third-order valence-corrected chi connectivity index (χ3v) is 4.13. The van der Waals surface area contributed by atoms with Gasteiger partial charge in [0.2, 0.25) is 10.0 Å². The Hall–Kier alpha value is -1.56. The molecule has 1 aromatic carbocycles. The number of anilines is 1. The lowest BCUT2D eigenvalue weighted by molar-refractivity contribution is 0.0956. The van der Waals surface area contributed by atoms with Crippen LogP contribution in [0.5, 0.6) is 0 Å². The van der Waals surface area contributed by atoms with Crippen molar-refractivity contribution in [3.05, 3.63) is 29.8 Å². The number of hydrogen-bond donors (Lipinski definition) is 2. The van der Waals surface area contributed by atoms with Crippen molar-refractivity contribution in [3.8, 4) is 0 Å². The average Bonchev–Trinajstić information content (AvgIpc) is 2.29. The molecule has 0 unspecified atom stereocenters. The molecule has 1 aromatic rings. The molecule has 0 radical (unpaired) electrons. The van der Waals surface area contributed by atoms with E-state index in [0.717, 1.165) is 0 Å². The van der Waals surface area contributed by atoms with E-state index < -0.39 is 15.3 Å². The summed E-state index contributed by atoms with van der Waals surface area (Å²) < 4.78 is 25.7. The van der Waals surface area contributed by atoms with Crippen LogP contribution in [0.25, 0.3) is 0 Å². The van der Waals surface area contributed by atoms with E-state index in [9.17, 15) is 13.2 Å². The molecule has 0 saturated carbocycles. The predicted molar refractivity (Wildman–Crippen MR) is 72.1 cm³/mol. The molecule has 0 saturated heterocycles. The maximum Gasteiger partial charge on any atom is 0.251 e. The minimum atomic E-state index is -3.35. The van der Waals surface area contributed by atoms with Crippen LogP contribution in [0.2, 0.25) is 0 Å². The van der Waals surface area contributed by atoms with Crippen molar-refractivity contribution < 1.29 is 13.2 Å². The Kier molecular flexibility index (Phi) is 4.72. The standard InChI is InChI=1S/C12H18N2O3S/c1-4-13-12(15)10-5-7-11(8-6-10)14-18(16,17)9(2)3/h5-9,14H,4H2,1-3H3,(H,13,15). The minimum absolute atomic E-state index is 0.171. The molecule has 0 bridgehead atoms. The van der Waals surface area contributed by atoms with E-state index in [2.05, 4.69) is 10.0 Å². The Labute approximate surface area is 108 Å². The fourth-order valence-corrected chi connectivity index (χ4v) is 1.93. The van der Waals surface area contributed by atoms with Gasteiger partial charge in [-0.25, -0.2) is 8.42 Å². The van der Waals surface area contributed by atoms with Gasteiger partial charge in [0, 0.05) is 17.8 Å². The van der Waals surface area contributed by atoms with E-state index in [1.54, 1.807) is 38.1 Å². The van der Waals surface area contributed by atoms with Gasteiger partial charge in [-0.05, 0) is 45.0 Å². The second kappa shape index (κ2) is 5.86. The van der Waals surface area contributed by atoms with Crippen LogP contribution < -0.4 is 10.0 Å². The summed E-state index contributed by atoms with van der Waals surface area (Å²) in [5.41, 5.74) is 0.959. The summed E-state index contributed by atoms with van der Waals surface area (Å²) in [6.07, 6.45) is 0. The van der Waals surface area contributed by atoms with Crippen molar-refractivity contribution in [2.45, 2.75) is 26.0 Å². The van der Waals surface area contributed by atoms with Crippen LogP contribution in [-0.2, 0) is 10.0 Å². The molecule has 6 heteroatoms. The molecule has 5 nitrogen and oxygen atoms in total. The second-order valence-electron chi connectivity index (χ2n) is 4.13. The molecule has 100 valence electrons. The summed E-state index contributed by atoms with van der Waals surface area (Å²) in [4.78, 5) is 11.5. The third kappa shape index (κ3) is 3.73. The molecule has 18 heavy (non-hydrogen) atoms. The van der Waals surface area contributed by atoms with Crippen LogP contribution in [0.1, 0.15) is 31.1 Å². The average molecular weight is 270 g/mol. The van der Waals surface area contributed by atoms with E-state index in [4.69, 9.17) is 0 Å². The first-order valence-electron chi connectivity index (χ1n) is 5.76. The Balaban J connectivity index is 2.81. The number of carbonyl (C=O) groups is 1. The van der Waals surface area contributed by atoms with Crippen LogP contribution in [0.15, 0.2) is 24.3 Å². The highest BCUT2D eigenvalue weighted by Crippen LogP contribution is 2.13. The molecule has 0 atom stereocenters. The molecule has 1 rings (SSSR count). The Morgan fingerprint density at radius 1 is 1.22 bits per heavy atom. The third-order valence-electron chi connectivity index (χ3n) is 2.37. The van der Waals surface area contributed by atoms with Crippen molar-refractivity contribution in [1.82, 2.24) is 5.32 Å². The van der Waals surface area contributed by atoms with Gasteiger partial charge in [0.15, 0.2) is 0 Å². The minimum Gasteiger partial charge on any atom is -0.352 e. The molecule has 0 spiro atoms. The van der Waals surface area contributed by atoms with Gasteiger partial charge in [0.25, 0.3) is 5.91 Å². The number of hydrogen-bond acceptors (Lipinski definition) is 3. The summed E-state index contributed by atoms with van der Waals surface area (Å²) in [6, 6.07) is 6.32. The van der Waals surface area contributed by atoms with Crippen molar-refractivity contribution in [2.75, 3.05) is 11.3 Å². The van der Waals surface area contributed by atoms with E-state index in [-0.39, 0.29) is 5.91 Å². The molecule has 0 heterocycles. The maximum atomic E-state index is 11.6. The lowest BCUT2D eigenvalue weighted by Gasteiger charge is -2.11. The van der Waals surface area contributed by atoms with Gasteiger partial charge in [-0.2, -0.15) is 0 Å². The summed E-state index contributed by atoms with van der Waals surface area (Å²) in [6.45, 7) is 5.60. The van der Waals surface area contributed by atoms with Crippen molar-refractivity contribution >= 4 is 21.6 Å². The zero-order valence-corrected chi connectivity index (χ0v) is 11.5. The molecule has 0 aromatic heterocycles. The highest BCUT2D eigenvalue weighted by Gasteiger charge is 2.15. The highest BCUT2D eigenvalue weighted by atomic mass is 32.2. The number of amides is 1. The van der Waals surface area contributed by atoms with E-state index in [1.807, 2.05) is 6.92 Å².